The normalized spacial score (nSPS) is 16.3. The molecule has 1 aliphatic rings. The van der Waals surface area contributed by atoms with Gasteiger partial charge in [0.1, 0.15) is 12.4 Å². The number of fused-ring (bicyclic) bond motifs is 1. The van der Waals surface area contributed by atoms with Crippen LogP contribution in [0.3, 0.4) is 0 Å². The molecule has 4 aromatic rings. The van der Waals surface area contributed by atoms with Crippen molar-refractivity contribution < 1.29 is 4.74 Å². The molecule has 1 atom stereocenters. The van der Waals surface area contributed by atoms with Gasteiger partial charge in [0.25, 0.3) is 0 Å². The minimum absolute atomic E-state index is 0.0957. The highest BCUT2D eigenvalue weighted by Gasteiger charge is 2.28. The van der Waals surface area contributed by atoms with Crippen molar-refractivity contribution in [1.82, 2.24) is 24.0 Å². The molecule has 1 aromatic carbocycles. The lowest BCUT2D eigenvalue weighted by Gasteiger charge is -2.14. The predicted octanol–water partition coefficient (Wildman–Crippen LogP) is 4.25. The number of aromatic nitrogens is 4. The average molecular weight is 462 g/mol. The van der Waals surface area contributed by atoms with E-state index in [1.165, 1.54) is 0 Å². The molecule has 5 rings (SSSR count). The van der Waals surface area contributed by atoms with E-state index in [4.69, 9.17) is 16.3 Å². The molecule has 1 fully saturated rings. The Balaban J connectivity index is 1.49. The van der Waals surface area contributed by atoms with Crippen molar-refractivity contribution in [2.75, 3.05) is 19.6 Å². The van der Waals surface area contributed by atoms with E-state index in [0.717, 1.165) is 42.8 Å². The molecule has 0 bridgehead atoms. The van der Waals surface area contributed by atoms with Crippen LogP contribution in [0.1, 0.15) is 18.2 Å². The lowest BCUT2D eigenvalue weighted by atomic mass is 10.2. The topological polar surface area (TPSA) is 65.2 Å². The molecule has 0 spiro atoms. The zero-order chi connectivity index (χ0) is 22.8. The Hall–Kier alpha value is -3.42. The molecule has 0 amide bonds. The molecule has 0 saturated carbocycles. The minimum Gasteiger partial charge on any atom is -0.486 e. The highest BCUT2D eigenvalue weighted by molar-refractivity contribution is 6.32. The molecule has 0 unspecified atom stereocenters. The molecule has 1 saturated heterocycles. The Kier molecular flexibility index (Phi) is 5.98. The van der Waals surface area contributed by atoms with Crippen LogP contribution in [0, 0.1) is 0 Å². The molecule has 0 N–H and O–H groups in total. The average Bonchev–Trinajstić information content (AvgIpc) is 3.40. The Bertz CT molecular complexity index is 1350. The maximum atomic E-state index is 13.6. The monoisotopic (exact) mass is 461 g/mol. The second-order valence-electron chi connectivity index (χ2n) is 8.07. The van der Waals surface area contributed by atoms with Gasteiger partial charge in [-0.25, -0.2) is 4.79 Å². The Morgan fingerprint density at radius 1 is 1.18 bits per heavy atom. The van der Waals surface area contributed by atoms with Gasteiger partial charge in [0.15, 0.2) is 0 Å². The number of nitrogens with zero attached hydrogens (tertiary/aromatic N) is 5. The third kappa shape index (κ3) is 4.17. The number of hydrogen-bond donors (Lipinski definition) is 0. The molecule has 0 aliphatic carbocycles. The van der Waals surface area contributed by atoms with Gasteiger partial charge in [0.2, 0.25) is 0 Å². The zero-order valence-electron chi connectivity index (χ0n) is 18.1. The van der Waals surface area contributed by atoms with E-state index in [2.05, 4.69) is 21.4 Å². The first-order chi connectivity index (χ1) is 16.2. The van der Waals surface area contributed by atoms with Crippen molar-refractivity contribution >= 4 is 22.6 Å². The molecule has 0 radical (unpaired) electrons. The van der Waals surface area contributed by atoms with Gasteiger partial charge in [0.05, 0.1) is 39.7 Å². The molecular weight excluding hydrogens is 438 g/mol. The van der Waals surface area contributed by atoms with Gasteiger partial charge >= 0.3 is 5.69 Å². The lowest BCUT2D eigenvalue weighted by Crippen LogP contribution is -2.29. The summed E-state index contributed by atoms with van der Waals surface area (Å²) in [6, 6.07) is 13.0. The lowest BCUT2D eigenvalue weighted by molar-refractivity contribution is 0.301. The summed E-state index contributed by atoms with van der Waals surface area (Å²) in [5.41, 5.74) is 3.01. The summed E-state index contributed by atoms with van der Waals surface area (Å²) in [7, 11) is 0. The highest BCUT2D eigenvalue weighted by atomic mass is 35.5. The van der Waals surface area contributed by atoms with E-state index in [1.807, 2.05) is 41.0 Å². The van der Waals surface area contributed by atoms with Gasteiger partial charge < -0.3 is 4.74 Å². The van der Waals surface area contributed by atoms with Crippen molar-refractivity contribution in [1.29, 1.82) is 0 Å². The zero-order valence-corrected chi connectivity index (χ0v) is 18.9. The third-order valence-electron chi connectivity index (χ3n) is 5.95. The maximum Gasteiger partial charge on any atom is 0.334 e. The van der Waals surface area contributed by atoms with Crippen LogP contribution in [0.5, 0.6) is 5.75 Å². The van der Waals surface area contributed by atoms with Gasteiger partial charge in [-0.05, 0) is 42.8 Å². The van der Waals surface area contributed by atoms with Crippen molar-refractivity contribution in [3.8, 4) is 11.4 Å². The Morgan fingerprint density at radius 3 is 2.88 bits per heavy atom. The number of benzene rings is 1. The quantitative estimate of drug-likeness (QED) is 0.385. The summed E-state index contributed by atoms with van der Waals surface area (Å²) < 4.78 is 9.40. The second-order valence-corrected chi connectivity index (χ2v) is 8.47. The SMILES string of the molecule is C=CCN1CC[C@@H](n2c(=O)n(-c3ccc(OCc4ccccn4)c(Cl)c3)c3cnccc32)C1. The first-order valence-electron chi connectivity index (χ1n) is 10.9. The summed E-state index contributed by atoms with van der Waals surface area (Å²) in [5.74, 6) is 0.539. The third-order valence-corrected chi connectivity index (χ3v) is 6.25. The van der Waals surface area contributed by atoms with Gasteiger partial charge in [0, 0.05) is 32.0 Å². The van der Waals surface area contributed by atoms with Crippen LogP contribution in [0.4, 0.5) is 0 Å². The number of ether oxygens (including phenoxy) is 1. The molecule has 7 nitrogen and oxygen atoms in total. The number of pyridine rings is 2. The van der Waals surface area contributed by atoms with Crippen LogP contribution in [-0.2, 0) is 6.61 Å². The molecule has 168 valence electrons. The highest BCUT2D eigenvalue weighted by Crippen LogP contribution is 2.30. The molecule has 3 aromatic heterocycles. The molecule has 8 heteroatoms. The Morgan fingerprint density at radius 2 is 2.09 bits per heavy atom. The van der Waals surface area contributed by atoms with Crippen molar-refractivity contribution in [3.05, 3.63) is 94.9 Å². The summed E-state index contributed by atoms with van der Waals surface area (Å²) in [4.78, 5) is 24.5. The van der Waals surface area contributed by atoms with E-state index in [-0.39, 0.29) is 11.7 Å². The first kappa shape index (κ1) is 21.4. The van der Waals surface area contributed by atoms with Crippen LogP contribution in [0.25, 0.3) is 16.7 Å². The van der Waals surface area contributed by atoms with E-state index >= 15 is 0 Å². The van der Waals surface area contributed by atoms with Gasteiger partial charge in [-0.2, -0.15) is 0 Å². The smallest absolute Gasteiger partial charge is 0.334 e. The molecule has 33 heavy (non-hydrogen) atoms. The van der Waals surface area contributed by atoms with E-state index in [1.54, 1.807) is 35.3 Å². The number of hydrogen-bond acceptors (Lipinski definition) is 5. The van der Waals surface area contributed by atoms with Crippen LogP contribution in [-0.4, -0.2) is 43.6 Å². The van der Waals surface area contributed by atoms with Crippen LogP contribution < -0.4 is 10.4 Å². The fourth-order valence-electron chi connectivity index (χ4n) is 4.42. The van der Waals surface area contributed by atoms with Crippen LogP contribution >= 0.6 is 11.6 Å². The van der Waals surface area contributed by atoms with Gasteiger partial charge in [-0.1, -0.05) is 23.7 Å². The number of imidazole rings is 1. The maximum absolute atomic E-state index is 13.6. The minimum atomic E-state index is -0.0957. The second kappa shape index (κ2) is 9.21. The summed E-state index contributed by atoms with van der Waals surface area (Å²) in [6.07, 6.45) is 7.98. The summed E-state index contributed by atoms with van der Waals surface area (Å²) in [6.45, 7) is 6.72. The fourth-order valence-corrected chi connectivity index (χ4v) is 4.65. The standard InChI is InChI=1S/C25H24ClN5O2/c1-2-12-29-13-9-20(16-29)31-22-8-11-27-15-23(22)30(25(31)32)19-6-7-24(21(26)14-19)33-17-18-5-3-4-10-28-18/h2-8,10-11,14-15,20H,1,9,12-13,16-17H2/t20-/m1/s1. The van der Waals surface area contributed by atoms with Crippen molar-refractivity contribution in [3.63, 3.8) is 0 Å². The van der Waals surface area contributed by atoms with Gasteiger partial charge in [-0.3, -0.25) is 24.0 Å². The van der Waals surface area contributed by atoms with E-state index in [9.17, 15) is 4.79 Å². The molecular formula is C25H24ClN5O2. The summed E-state index contributed by atoms with van der Waals surface area (Å²) >= 11 is 6.54. The van der Waals surface area contributed by atoms with Crippen LogP contribution in [0.15, 0.2) is 78.5 Å². The fraction of sp³-hybridized carbons (Fsp3) is 0.240. The van der Waals surface area contributed by atoms with Gasteiger partial charge in [-0.15, -0.1) is 6.58 Å². The predicted molar refractivity (Wildman–Crippen MR) is 129 cm³/mol. The van der Waals surface area contributed by atoms with E-state index in [0.29, 0.717) is 23.1 Å². The number of likely N-dealkylation sites (tertiary alicyclic amines) is 1. The molecule has 1 aliphatic heterocycles. The Labute approximate surface area is 196 Å². The van der Waals surface area contributed by atoms with Crippen LogP contribution in [0.2, 0.25) is 5.02 Å². The summed E-state index contributed by atoms with van der Waals surface area (Å²) in [5, 5.41) is 0.429. The van der Waals surface area contributed by atoms with Crippen molar-refractivity contribution in [2.24, 2.45) is 0 Å². The van der Waals surface area contributed by atoms with Crippen molar-refractivity contribution in [2.45, 2.75) is 19.1 Å². The molecule has 4 heterocycles. The largest absolute Gasteiger partial charge is 0.486 e. The first-order valence-corrected chi connectivity index (χ1v) is 11.3. The number of rotatable bonds is 7. The number of halogens is 1. The van der Waals surface area contributed by atoms with E-state index < -0.39 is 0 Å².